The van der Waals surface area contributed by atoms with Gasteiger partial charge in [-0.15, -0.1) is 0 Å². The first-order chi connectivity index (χ1) is 13.4. The summed E-state index contributed by atoms with van der Waals surface area (Å²) in [5.41, 5.74) is 1.99. The molecule has 1 aliphatic rings. The van der Waals surface area contributed by atoms with Gasteiger partial charge in [0.2, 0.25) is 7.37 Å². The van der Waals surface area contributed by atoms with Crippen LogP contribution in [0.2, 0.25) is 0 Å². The van der Waals surface area contributed by atoms with Crippen molar-refractivity contribution in [2.45, 2.75) is 51.2 Å². The molecule has 1 fully saturated rings. The van der Waals surface area contributed by atoms with Crippen LogP contribution in [0.25, 0.3) is 11.4 Å². The average Bonchev–Trinajstić information content (AvgIpc) is 3.21. The Labute approximate surface area is 166 Å². The first-order valence-corrected chi connectivity index (χ1v) is 12.1. The van der Waals surface area contributed by atoms with E-state index >= 15 is 0 Å². The van der Waals surface area contributed by atoms with Crippen molar-refractivity contribution in [1.29, 1.82) is 0 Å². The van der Waals surface area contributed by atoms with Crippen molar-refractivity contribution >= 4 is 7.37 Å². The molecule has 1 saturated carbocycles. The lowest BCUT2D eigenvalue weighted by Crippen LogP contribution is -2.32. The zero-order chi connectivity index (χ0) is 20.0. The van der Waals surface area contributed by atoms with Crippen molar-refractivity contribution < 1.29 is 14.6 Å². The van der Waals surface area contributed by atoms with Crippen LogP contribution in [0.4, 0.5) is 0 Å². The second-order valence-electron chi connectivity index (χ2n) is 7.96. The molecule has 8 heteroatoms. The fourth-order valence-electron chi connectivity index (χ4n) is 3.97. The Hall–Kier alpha value is -1.53. The summed E-state index contributed by atoms with van der Waals surface area (Å²) in [6.45, 7) is 2.29. The van der Waals surface area contributed by atoms with Gasteiger partial charge in [-0.05, 0) is 37.3 Å². The third kappa shape index (κ3) is 6.24. The molecule has 0 aliphatic heterocycles. The molecule has 154 valence electrons. The van der Waals surface area contributed by atoms with Crippen LogP contribution < -0.4 is 5.32 Å². The first-order valence-electron chi connectivity index (χ1n) is 10.1. The van der Waals surface area contributed by atoms with Crippen molar-refractivity contribution in [3.63, 3.8) is 0 Å². The van der Waals surface area contributed by atoms with Gasteiger partial charge in [0, 0.05) is 24.3 Å². The molecule has 0 radical (unpaired) electrons. The first kappa shape index (κ1) is 21.2. The fraction of sp³-hybridized carbons (Fsp3) is 0.600. The van der Waals surface area contributed by atoms with Gasteiger partial charge in [0.05, 0.1) is 12.3 Å². The van der Waals surface area contributed by atoms with Crippen molar-refractivity contribution in [2.24, 2.45) is 5.92 Å². The Morgan fingerprint density at radius 3 is 2.82 bits per heavy atom. The highest BCUT2D eigenvalue weighted by molar-refractivity contribution is 7.58. The zero-order valence-corrected chi connectivity index (χ0v) is 17.3. The summed E-state index contributed by atoms with van der Waals surface area (Å²) in [6, 6.07) is 7.93. The second-order valence-corrected chi connectivity index (χ2v) is 10.4. The summed E-state index contributed by atoms with van der Waals surface area (Å²) < 4.78 is 12.5. The molecule has 2 unspecified atom stereocenters. The maximum Gasteiger partial charge on any atom is 0.203 e. The topological polar surface area (TPSA) is 111 Å². The number of aliphatic hydroxyl groups excluding tert-OH is 1. The van der Waals surface area contributed by atoms with E-state index in [0.717, 1.165) is 36.8 Å². The summed E-state index contributed by atoms with van der Waals surface area (Å²) in [7, 11) is -3.30. The highest BCUT2D eigenvalue weighted by Crippen LogP contribution is 2.45. The van der Waals surface area contributed by atoms with E-state index in [4.69, 9.17) is 0 Å². The molecule has 3 atom stereocenters. The molecule has 1 aromatic carbocycles. The van der Waals surface area contributed by atoms with Gasteiger partial charge in [0.1, 0.15) is 6.33 Å². The lowest BCUT2D eigenvalue weighted by molar-refractivity contribution is 0.186. The molecule has 2 aromatic rings. The Morgan fingerprint density at radius 1 is 1.32 bits per heavy atom. The van der Waals surface area contributed by atoms with E-state index in [1.54, 1.807) is 0 Å². The number of benzene rings is 1. The van der Waals surface area contributed by atoms with E-state index in [1.807, 2.05) is 31.2 Å². The predicted molar refractivity (Wildman–Crippen MR) is 110 cm³/mol. The van der Waals surface area contributed by atoms with Gasteiger partial charge in [-0.1, -0.05) is 37.5 Å². The molecule has 1 heterocycles. The van der Waals surface area contributed by atoms with Crippen molar-refractivity contribution in [3.05, 3.63) is 36.2 Å². The van der Waals surface area contributed by atoms with Gasteiger partial charge in [0.15, 0.2) is 5.82 Å². The van der Waals surface area contributed by atoms with Gasteiger partial charge in [0.25, 0.3) is 0 Å². The van der Waals surface area contributed by atoms with Gasteiger partial charge in [-0.2, -0.15) is 5.10 Å². The van der Waals surface area contributed by atoms with E-state index in [2.05, 4.69) is 20.5 Å². The second kappa shape index (κ2) is 9.79. The SMILES string of the molecule is CC(NC[C@@H](O)CP(=O)(O)CC1CCCCC1)c1cccc(-c2ncn[nH]2)c1. The van der Waals surface area contributed by atoms with Crippen LogP contribution >= 0.6 is 7.37 Å². The standard InChI is InChI=1S/C20H31N4O3P/c1-15(17-8-5-9-18(10-17)20-22-14-23-24-20)21-11-19(25)13-28(26,27)12-16-6-3-2-4-7-16/h5,8-10,14-16,19,21,25H,2-4,6-7,11-13H2,1H3,(H,26,27)(H,22,23,24)/t15?,19-/m1/s1. The minimum Gasteiger partial charge on any atom is -0.391 e. The van der Waals surface area contributed by atoms with Crippen LogP contribution in [0.15, 0.2) is 30.6 Å². The van der Waals surface area contributed by atoms with Crippen molar-refractivity contribution in [3.8, 4) is 11.4 Å². The average molecular weight is 406 g/mol. The highest BCUT2D eigenvalue weighted by atomic mass is 31.2. The van der Waals surface area contributed by atoms with Crippen LogP contribution in [0.5, 0.6) is 0 Å². The summed E-state index contributed by atoms with van der Waals surface area (Å²) >= 11 is 0. The molecule has 1 aliphatic carbocycles. The van der Waals surface area contributed by atoms with Crippen molar-refractivity contribution in [2.75, 3.05) is 18.9 Å². The molecule has 28 heavy (non-hydrogen) atoms. The maximum atomic E-state index is 12.5. The Bertz CT molecular complexity index is 778. The fourth-order valence-corrected chi connectivity index (χ4v) is 6.08. The lowest BCUT2D eigenvalue weighted by Gasteiger charge is -2.25. The zero-order valence-electron chi connectivity index (χ0n) is 16.4. The maximum absolute atomic E-state index is 12.5. The molecule has 0 saturated heterocycles. The number of rotatable bonds is 9. The van der Waals surface area contributed by atoms with Crippen LogP contribution in [0, 0.1) is 5.92 Å². The largest absolute Gasteiger partial charge is 0.391 e. The van der Waals surface area contributed by atoms with Gasteiger partial charge >= 0.3 is 0 Å². The van der Waals surface area contributed by atoms with E-state index in [1.165, 1.54) is 12.7 Å². The van der Waals surface area contributed by atoms with E-state index in [9.17, 15) is 14.6 Å². The third-order valence-electron chi connectivity index (χ3n) is 5.50. The number of hydrogen-bond acceptors (Lipinski definition) is 5. The Morgan fingerprint density at radius 2 is 2.11 bits per heavy atom. The van der Waals surface area contributed by atoms with Crippen LogP contribution in [0.3, 0.4) is 0 Å². The number of nitrogens with zero attached hydrogens (tertiary/aromatic N) is 2. The van der Waals surface area contributed by atoms with Gasteiger partial charge < -0.3 is 15.3 Å². The number of aromatic nitrogens is 3. The lowest BCUT2D eigenvalue weighted by atomic mass is 9.91. The number of aromatic amines is 1. The van der Waals surface area contributed by atoms with E-state index in [0.29, 0.717) is 17.9 Å². The van der Waals surface area contributed by atoms with E-state index < -0.39 is 13.5 Å². The molecule has 0 bridgehead atoms. The smallest absolute Gasteiger partial charge is 0.203 e. The van der Waals surface area contributed by atoms with E-state index in [-0.39, 0.29) is 18.7 Å². The van der Waals surface area contributed by atoms with Crippen LogP contribution in [0.1, 0.15) is 50.6 Å². The summed E-state index contributed by atoms with van der Waals surface area (Å²) in [5, 5.41) is 20.3. The summed E-state index contributed by atoms with van der Waals surface area (Å²) in [4.78, 5) is 14.5. The summed E-state index contributed by atoms with van der Waals surface area (Å²) in [6.07, 6.45) is 6.56. The number of H-pyrrole nitrogens is 1. The molecule has 1 aromatic heterocycles. The highest BCUT2D eigenvalue weighted by Gasteiger charge is 2.28. The Kier molecular flexibility index (Phi) is 7.41. The third-order valence-corrected chi connectivity index (χ3v) is 7.58. The molecular formula is C20H31N4O3P. The van der Waals surface area contributed by atoms with Crippen molar-refractivity contribution in [1.82, 2.24) is 20.5 Å². The molecular weight excluding hydrogens is 375 g/mol. The number of nitrogens with one attached hydrogen (secondary N) is 2. The number of hydrogen-bond donors (Lipinski definition) is 4. The number of aliphatic hydroxyl groups is 1. The normalized spacial score (nSPS) is 19.8. The van der Waals surface area contributed by atoms with Gasteiger partial charge in [-0.25, -0.2) is 4.98 Å². The predicted octanol–water partition coefficient (Wildman–Crippen LogP) is 3.33. The Balaban J connectivity index is 1.49. The molecule has 7 nitrogen and oxygen atoms in total. The minimum atomic E-state index is -3.30. The van der Waals surface area contributed by atoms with Crippen LogP contribution in [-0.4, -0.2) is 50.2 Å². The molecule has 0 spiro atoms. The molecule has 0 amide bonds. The molecule has 4 N–H and O–H groups in total. The summed E-state index contributed by atoms with van der Waals surface area (Å²) in [5.74, 6) is 1.04. The quantitative estimate of drug-likeness (QED) is 0.476. The minimum absolute atomic E-state index is 0.00561. The van der Waals surface area contributed by atoms with Gasteiger partial charge in [-0.3, -0.25) is 9.66 Å². The van der Waals surface area contributed by atoms with Crippen LogP contribution in [-0.2, 0) is 4.57 Å². The molecule has 3 rings (SSSR count). The monoisotopic (exact) mass is 406 g/mol.